The Balaban J connectivity index is 1.82. The molecular weight excluding hydrogens is 391 g/mol. The van der Waals surface area contributed by atoms with Crippen LogP contribution in [0.4, 0.5) is 0 Å². The van der Waals surface area contributed by atoms with Crippen molar-refractivity contribution < 1.29 is 9.53 Å². The lowest BCUT2D eigenvalue weighted by molar-refractivity contribution is -0.122. The minimum absolute atomic E-state index is 0.145. The van der Waals surface area contributed by atoms with Crippen LogP contribution in [0.15, 0.2) is 48.2 Å². The van der Waals surface area contributed by atoms with Gasteiger partial charge in [-0.05, 0) is 43.4 Å². The largest absolute Gasteiger partial charge is 0.488 e. The molecule has 1 aliphatic heterocycles. The van der Waals surface area contributed by atoms with Crippen molar-refractivity contribution in [1.29, 1.82) is 0 Å². The van der Waals surface area contributed by atoms with E-state index >= 15 is 0 Å². The summed E-state index contributed by atoms with van der Waals surface area (Å²) in [6.45, 7) is 2.69. The summed E-state index contributed by atoms with van der Waals surface area (Å²) in [5.41, 5.74) is 2.03. The van der Waals surface area contributed by atoms with E-state index in [0.717, 1.165) is 11.1 Å². The maximum Gasteiger partial charge on any atom is 0.276 e. The predicted octanol–water partition coefficient (Wildman–Crippen LogP) is 4.65. The van der Waals surface area contributed by atoms with Crippen LogP contribution in [0.5, 0.6) is 5.75 Å². The van der Waals surface area contributed by atoms with Crippen molar-refractivity contribution >= 4 is 52.5 Å². The number of ether oxygens (including phenoxy) is 1. The van der Waals surface area contributed by atoms with E-state index < -0.39 is 0 Å². The standard InChI is InChI=1S/C19H16Cl2N2O2S/c1-2-23-18(24)16(22-19(23)26)9-12-5-3-4-6-17(12)25-11-13-7-8-14(20)10-15(13)21/h3-10H,2,11H2,1H3,(H,22,26)/b16-9+. The Hall–Kier alpha value is -2.08. The van der Waals surface area contributed by atoms with Crippen molar-refractivity contribution in [3.05, 3.63) is 69.3 Å². The lowest BCUT2D eigenvalue weighted by Crippen LogP contribution is -2.30. The van der Waals surface area contributed by atoms with Gasteiger partial charge in [0.1, 0.15) is 18.1 Å². The number of carbonyl (C=O) groups is 1. The molecule has 1 heterocycles. The van der Waals surface area contributed by atoms with Gasteiger partial charge in [-0.2, -0.15) is 0 Å². The van der Waals surface area contributed by atoms with Gasteiger partial charge >= 0.3 is 0 Å². The number of hydrogen-bond donors (Lipinski definition) is 1. The van der Waals surface area contributed by atoms with Crippen molar-refractivity contribution in [2.75, 3.05) is 6.54 Å². The first kappa shape index (κ1) is 18.7. The second-order valence-electron chi connectivity index (χ2n) is 5.60. The zero-order chi connectivity index (χ0) is 18.7. The van der Waals surface area contributed by atoms with Gasteiger partial charge in [-0.3, -0.25) is 9.69 Å². The molecule has 0 aromatic heterocycles. The average Bonchev–Trinajstić information content (AvgIpc) is 2.88. The van der Waals surface area contributed by atoms with Gasteiger partial charge in [-0.25, -0.2) is 0 Å². The first-order chi connectivity index (χ1) is 12.5. The van der Waals surface area contributed by atoms with Crippen LogP contribution in [0.2, 0.25) is 10.0 Å². The second-order valence-corrected chi connectivity index (χ2v) is 6.83. The molecule has 2 aromatic rings. The highest BCUT2D eigenvalue weighted by molar-refractivity contribution is 7.80. The third-order valence-electron chi connectivity index (χ3n) is 3.90. The maximum atomic E-state index is 12.4. The Morgan fingerprint density at radius 3 is 2.69 bits per heavy atom. The number of likely N-dealkylation sites (N-methyl/N-ethyl adjacent to an activating group) is 1. The summed E-state index contributed by atoms with van der Waals surface area (Å²) in [6, 6.07) is 12.7. The van der Waals surface area contributed by atoms with E-state index in [0.29, 0.717) is 33.1 Å². The molecule has 0 radical (unpaired) electrons. The number of amides is 1. The minimum atomic E-state index is -0.145. The zero-order valence-electron chi connectivity index (χ0n) is 14.0. The van der Waals surface area contributed by atoms with Crippen LogP contribution < -0.4 is 10.1 Å². The Morgan fingerprint density at radius 1 is 1.23 bits per heavy atom. The second kappa shape index (κ2) is 8.08. The summed E-state index contributed by atoms with van der Waals surface area (Å²) in [5, 5.41) is 4.48. The van der Waals surface area contributed by atoms with Crippen LogP contribution in [0, 0.1) is 0 Å². The number of rotatable bonds is 5. The molecule has 1 fully saturated rings. The number of nitrogens with one attached hydrogen (secondary N) is 1. The summed E-state index contributed by atoms with van der Waals surface area (Å²) in [4.78, 5) is 13.9. The van der Waals surface area contributed by atoms with Crippen molar-refractivity contribution in [3.8, 4) is 5.75 Å². The zero-order valence-corrected chi connectivity index (χ0v) is 16.3. The fourth-order valence-electron chi connectivity index (χ4n) is 2.54. The summed E-state index contributed by atoms with van der Waals surface area (Å²) in [6.07, 6.45) is 1.74. The van der Waals surface area contributed by atoms with Gasteiger partial charge in [0.2, 0.25) is 0 Å². The lowest BCUT2D eigenvalue weighted by Gasteiger charge is -2.11. The quantitative estimate of drug-likeness (QED) is 0.579. The molecule has 0 aliphatic carbocycles. The summed E-state index contributed by atoms with van der Waals surface area (Å²) < 4.78 is 5.91. The molecule has 26 heavy (non-hydrogen) atoms. The Morgan fingerprint density at radius 2 is 2.00 bits per heavy atom. The van der Waals surface area contributed by atoms with Crippen molar-refractivity contribution in [1.82, 2.24) is 10.2 Å². The molecule has 3 rings (SSSR count). The molecule has 134 valence electrons. The molecule has 1 saturated heterocycles. The first-order valence-corrected chi connectivity index (χ1v) is 9.16. The smallest absolute Gasteiger partial charge is 0.276 e. The van der Waals surface area contributed by atoms with Gasteiger partial charge in [0.25, 0.3) is 5.91 Å². The molecule has 1 amide bonds. The van der Waals surface area contributed by atoms with Crippen LogP contribution in [0.1, 0.15) is 18.1 Å². The van der Waals surface area contributed by atoms with Crippen molar-refractivity contribution in [2.45, 2.75) is 13.5 Å². The van der Waals surface area contributed by atoms with Crippen LogP contribution >= 0.6 is 35.4 Å². The number of carbonyl (C=O) groups excluding carboxylic acids is 1. The minimum Gasteiger partial charge on any atom is -0.488 e. The van der Waals surface area contributed by atoms with Gasteiger partial charge in [-0.1, -0.05) is 47.5 Å². The van der Waals surface area contributed by atoms with Gasteiger partial charge in [-0.15, -0.1) is 0 Å². The average molecular weight is 407 g/mol. The predicted molar refractivity (Wildman–Crippen MR) is 108 cm³/mol. The summed E-state index contributed by atoms with van der Waals surface area (Å²) in [7, 11) is 0. The van der Waals surface area contributed by atoms with E-state index in [1.807, 2.05) is 37.3 Å². The number of para-hydroxylation sites is 1. The Bertz CT molecular complexity index is 899. The van der Waals surface area contributed by atoms with E-state index in [-0.39, 0.29) is 12.5 Å². The van der Waals surface area contributed by atoms with Crippen LogP contribution in [-0.4, -0.2) is 22.5 Å². The van der Waals surface area contributed by atoms with Crippen LogP contribution in [-0.2, 0) is 11.4 Å². The molecular formula is C19H16Cl2N2O2S. The molecule has 4 nitrogen and oxygen atoms in total. The molecule has 7 heteroatoms. The maximum absolute atomic E-state index is 12.4. The number of benzene rings is 2. The molecule has 0 atom stereocenters. The van der Waals surface area contributed by atoms with Crippen LogP contribution in [0.3, 0.4) is 0 Å². The molecule has 0 spiro atoms. The fourth-order valence-corrected chi connectivity index (χ4v) is 3.32. The first-order valence-electron chi connectivity index (χ1n) is 8.00. The highest BCUT2D eigenvalue weighted by Crippen LogP contribution is 2.26. The third kappa shape index (κ3) is 4.01. The molecule has 0 bridgehead atoms. The molecule has 0 saturated carbocycles. The SMILES string of the molecule is CCN1C(=O)/C(=C\c2ccccc2OCc2ccc(Cl)cc2Cl)NC1=S. The number of thiocarbonyl (C=S) groups is 1. The number of nitrogens with zero attached hydrogens (tertiary/aromatic N) is 1. The fraction of sp³-hybridized carbons (Fsp3) is 0.158. The van der Waals surface area contributed by atoms with Crippen molar-refractivity contribution in [3.63, 3.8) is 0 Å². The van der Waals surface area contributed by atoms with Gasteiger partial charge in [0.15, 0.2) is 5.11 Å². The Labute approximate surface area is 167 Å². The van der Waals surface area contributed by atoms with Crippen molar-refractivity contribution in [2.24, 2.45) is 0 Å². The van der Waals surface area contributed by atoms with Gasteiger partial charge in [0, 0.05) is 27.7 Å². The van der Waals surface area contributed by atoms with Gasteiger partial charge < -0.3 is 10.1 Å². The number of hydrogen-bond acceptors (Lipinski definition) is 3. The third-order valence-corrected chi connectivity index (χ3v) is 4.81. The monoisotopic (exact) mass is 406 g/mol. The van der Waals surface area contributed by atoms with E-state index in [1.54, 1.807) is 18.2 Å². The molecule has 0 unspecified atom stereocenters. The van der Waals surface area contributed by atoms with Crippen LogP contribution in [0.25, 0.3) is 6.08 Å². The topological polar surface area (TPSA) is 41.6 Å². The van der Waals surface area contributed by atoms with E-state index in [9.17, 15) is 4.79 Å². The number of halogens is 2. The van der Waals surface area contributed by atoms with E-state index in [1.165, 1.54) is 4.90 Å². The van der Waals surface area contributed by atoms with Gasteiger partial charge in [0.05, 0.1) is 0 Å². The lowest BCUT2D eigenvalue weighted by atomic mass is 10.1. The van der Waals surface area contributed by atoms with E-state index in [2.05, 4.69) is 5.32 Å². The molecule has 1 aliphatic rings. The molecule has 1 N–H and O–H groups in total. The normalized spacial score (nSPS) is 15.5. The highest BCUT2D eigenvalue weighted by atomic mass is 35.5. The summed E-state index contributed by atoms with van der Waals surface area (Å²) in [5.74, 6) is 0.495. The Kier molecular flexibility index (Phi) is 5.81. The van der Waals surface area contributed by atoms with E-state index in [4.69, 9.17) is 40.2 Å². The highest BCUT2D eigenvalue weighted by Gasteiger charge is 2.29. The molecule has 2 aromatic carbocycles. The summed E-state index contributed by atoms with van der Waals surface area (Å²) >= 11 is 17.3.